The van der Waals surface area contributed by atoms with E-state index in [-0.39, 0.29) is 18.1 Å². The highest BCUT2D eigenvalue weighted by atomic mass is 32.2. The van der Waals surface area contributed by atoms with Crippen molar-refractivity contribution in [1.29, 1.82) is 0 Å². The molecule has 21 heavy (non-hydrogen) atoms. The summed E-state index contributed by atoms with van der Waals surface area (Å²) in [4.78, 5) is 13.0. The molecule has 0 aromatic carbocycles. The molecule has 1 saturated heterocycles. The molecule has 2 rings (SSSR count). The zero-order valence-electron chi connectivity index (χ0n) is 11.9. The van der Waals surface area contributed by atoms with Gasteiger partial charge in [0.25, 0.3) is 0 Å². The van der Waals surface area contributed by atoms with Crippen LogP contribution in [0.2, 0.25) is 0 Å². The fraction of sp³-hybridized carbons (Fsp3) is 0.533. The summed E-state index contributed by atoms with van der Waals surface area (Å²) in [6.07, 6.45) is 5.19. The highest BCUT2D eigenvalue weighted by Gasteiger charge is 2.33. The van der Waals surface area contributed by atoms with Crippen molar-refractivity contribution in [3.63, 3.8) is 0 Å². The minimum Gasteiger partial charge on any atom is -0.394 e. The maximum absolute atomic E-state index is 11.9. The number of hydrogen-bond donors (Lipinski definition) is 2. The predicted octanol–water partition coefficient (Wildman–Crippen LogP) is 2.15. The van der Waals surface area contributed by atoms with Gasteiger partial charge < -0.3 is 15.2 Å². The Morgan fingerprint density at radius 3 is 2.95 bits per heavy atom. The Bertz CT molecular complexity index is 453. The van der Waals surface area contributed by atoms with Crippen molar-refractivity contribution in [2.24, 2.45) is 0 Å². The summed E-state index contributed by atoms with van der Waals surface area (Å²) in [5.74, 6) is 1.96. The average molecular weight is 327 g/mol. The average Bonchev–Trinajstić information content (AvgIpc) is 3.03. The summed E-state index contributed by atoms with van der Waals surface area (Å²) in [6, 6.07) is 3.93. The topological polar surface area (TPSA) is 58.6 Å². The van der Waals surface area contributed by atoms with Gasteiger partial charge in [-0.1, -0.05) is 6.07 Å². The molecule has 2 heterocycles. The fourth-order valence-electron chi connectivity index (χ4n) is 2.23. The van der Waals surface area contributed by atoms with Crippen molar-refractivity contribution >= 4 is 35.1 Å². The Balaban J connectivity index is 1.84. The number of ether oxygens (including phenoxy) is 1. The molecule has 1 aromatic rings. The molecule has 0 radical (unpaired) electrons. The normalized spacial score (nSPS) is 18.0. The minimum atomic E-state index is -0.319. The number of aliphatic hydroxyl groups excluding tert-OH is 1. The number of amides is 1. The first-order valence-corrected chi connectivity index (χ1v) is 9.09. The lowest BCUT2D eigenvalue weighted by Crippen LogP contribution is -2.47. The van der Waals surface area contributed by atoms with Crippen LogP contribution in [0.3, 0.4) is 0 Å². The monoisotopic (exact) mass is 327 g/mol. The summed E-state index contributed by atoms with van der Waals surface area (Å²) < 4.78 is 5.82. The van der Waals surface area contributed by atoms with Crippen LogP contribution in [0.25, 0.3) is 6.08 Å². The molecular weight excluding hydrogens is 306 g/mol. The van der Waals surface area contributed by atoms with Crippen LogP contribution in [0, 0.1) is 0 Å². The van der Waals surface area contributed by atoms with Crippen molar-refractivity contribution < 1.29 is 14.6 Å². The molecule has 0 spiro atoms. The van der Waals surface area contributed by atoms with Gasteiger partial charge in [-0.2, -0.15) is 11.8 Å². The number of aliphatic hydroxyl groups is 1. The van der Waals surface area contributed by atoms with E-state index in [1.165, 1.54) is 0 Å². The third kappa shape index (κ3) is 5.47. The Hall–Kier alpha value is -0.820. The molecule has 6 heteroatoms. The molecule has 116 valence electrons. The van der Waals surface area contributed by atoms with Crippen LogP contribution in [-0.4, -0.2) is 47.9 Å². The van der Waals surface area contributed by atoms with E-state index in [9.17, 15) is 4.79 Å². The van der Waals surface area contributed by atoms with Crippen molar-refractivity contribution in [2.45, 2.75) is 18.4 Å². The number of rotatable bonds is 7. The fourth-order valence-corrected chi connectivity index (χ4v) is 4.08. The van der Waals surface area contributed by atoms with E-state index in [1.54, 1.807) is 17.4 Å². The smallest absolute Gasteiger partial charge is 0.244 e. The molecule has 0 saturated carbocycles. The predicted molar refractivity (Wildman–Crippen MR) is 88.7 cm³/mol. The van der Waals surface area contributed by atoms with Gasteiger partial charge in [-0.3, -0.25) is 4.79 Å². The maximum Gasteiger partial charge on any atom is 0.244 e. The van der Waals surface area contributed by atoms with Gasteiger partial charge >= 0.3 is 0 Å². The quantitative estimate of drug-likeness (QED) is 0.754. The van der Waals surface area contributed by atoms with E-state index < -0.39 is 0 Å². The Labute approximate surface area is 133 Å². The minimum absolute atomic E-state index is 0.0150. The Kier molecular flexibility index (Phi) is 6.76. The van der Waals surface area contributed by atoms with Gasteiger partial charge in [0.2, 0.25) is 5.91 Å². The van der Waals surface area contributed by atoms with Crippen LogP contribution in [-0.2, 0) is 9.53 Å². The molecular formula is C15H21NO3S2. The maximum atomic E-state index is 11.9. The third-order valence-corrected chi connectivity index (χ3v) is 5.25. The number of nitrogens with one attached hydrogen (secondary N) is 1. The summed E-state index contributed by atoms with van der Waals surface area (Å²) in [7, 11) is 0. The van der Waals surface area contributed by atoms with E-state index in [1.807, 2.05) is 35.4 Å². The molecule has 1 aliphatic rings. The van der Waals surface area contributed by atoms with Crippen LogP contribution in [0.1, 0.15) is 17.7 Å². The second-order valence-corrected chi connectivity index (χ2v) is 7.14. The highest BCUT2D eigenvalue weighted by molar-refractivity contribution is 7.99. The number of carbonyl (C=O) groups is 1. The van der Waals surface area contributed by atoms with Crippen molar-refractivity contribution in [3.05, 3.63) is 28.5 Å². The number of thioether (sulfide) groups is 1. The van der Waals surface area contributed by atoms with Gasteiger partial charge in [0.1, 0.15) is 0 Å². The van der Waals surface area contributed by atoms with Crippen molar-refractivity contribution in [1.82, 2.24) is 5.32 Å². The SMILES string of the molecule is O=C(C=Cc1cccs1)NCC1(OCCO)CCSCC1. The van der Waals surface area contributed by atoms with Gasteiger partial charge in [-0.15, -0.1) is 11.3 Å². The van der Waals surface area contributed by atoms with Gasteiger partial charge in [0.15, 0.2) is 0 Å². The molecule has 1 fully saturated rings. The Morgan fingerprint density at radius 1 is 1.48 bits per heavy atom. The summed E-state index contributed by atoms with van der Waals surface area (Å²) in [5, 5.41) is 13.9. The van der Waals surface area contributed by atoms with Gasteiger partial charge in [0, 0.05) is 17.5 Å². The number of hydrogen-bond acceptors (Lipinski definition) is 5. The summed E-state index contributed by atoms with van der Waals surface area (Å²) in [5.41, 5.74) is -0.319. The molecule has 0 unspecified atom stereocenters. The zero-order chi connectivity index (χ0) is 15.0. The molecule has 1 aromatic heterocycles. The zero-order valence-corrected chi connectivity index (χ0v) is 13.5. The van der Waals surface area contributed by atoms with Crippen LogP contribution in [0.4, 0.5) is 0 Å². The molecule has 2 N–H and O–H groups in total. The number of thiophene rings is 1. The molecule has 0 aliphatic carbocycles. The summed E-state index contributed by atoms with van der Waals surface area (Å²) in [6.45, 7) is 0.841. The summed E-state index contributed by atoms with van der Waals surface area (Å²) >= 11 is 3.51. The molecule has 0 bridgehead atoms. The Morgan fingerprint density at radius 2 is 2.29 bits per heavy atom. The van der Waals surface area contributed by atoms with Crippen molar-refractivity contribution in [3.8, 4) is 0 Å². The second kappa shape index (κ2) is 8.58. The van der Waals surface area contributed by atoms with Crippen LogP contribution >= 0.6 is 23.1 Å². The lowest BCUT2D eigenvalue weighted by molar-refractivity contribution is -0.119. The second-order valence-electron chi connectivity index (χ2n) is 4.93. The highest BCUT2D eigenvalue weighted by Crippen LogP contribution is 2.29. The third-order valence-electron chi connectivity index (χ3n) is 3.43. The first-order valence-electron chi connectivity index (χ1n) is 7.06. The van der Waals surface area contributed by atoms with E-state index in [4.69, 9.17) is 9.84 Å². The standard InChI is InChI=1S/C15H21NO3S2/c17-7-8-19-15(5-10-20-11-6-15)12-16-14(18)4-3-13-2-1-9-21-13/h1-4,9,17H,5-8,10-12H2,(H,16,18). The van der Waals surface area contributed by atoms with Crippen LogP contribution in [0.5, 0.6) is 0 Å². The lowest BCUT2D eigenvalue weighted by Gasteiger charge is -2.36. The largest absolute Gasteiger partial charge is 0.394 e. The van der Waals surface area contributed by atoms with E-state index in [2.05, 4.69) is 5.32 Å². The number of carbonyl (C=O) groups excluding carboxylic acids is 1. The van der Waals surface area contributed by atoms with Crippen LogP contribution < -0.4 is 5.32 Å². The van der Waals surface area contributed by atoms with E-state index in [0.717, 1.165) is 29.2 Å². The van der Waals surface area contributed by atoms with Crippen molar-refractivity contribution in [2.75, 3.05) is 31.3 Å². The first-order chi connectivity index (χ1) is 10.2. The van der Waals surface area contributed by atoms with Gasteiger partial charge in [-0.25, -0.2) is 0 Å². The molecule has 4 nitrogen and oxygen atoms in total. The first kappa shape index (κ1) is 16.5. The van der Waals surface area contributed by atoms with E-state index >= 15 is 0 Å². The van der Waals surface area contributed by atoms with Gasteiger partial charge in [-0.05, 0) is 41.9 Å². The molecule has 0 atom stereocenters. The lowest BCUT2D eigenvalue weighted by atomic mass is 9.96. The van der Waals surface area contributed by atoms with E-state index in [0.29, 0.717) is 13.2 Å². The van der Waals surface area contributed by atoms with Gasteiger partial charge in [0.05, 0.1) is 18.8 Å². The molecule has 1 aliphatic heterocycles. The van der Waals surface area contributed by atoms with Crippen LogP contribution in [0.15, 0.2) is 23.6 Å². The molecule has 1 amide bonds.